The molecule has 92 valence electrons. The summed E-state index contributed by atoms with van der Waals surface area (Å²) in [6, 6.07) is 5.76. The molecule has 0 aromatic heterocycles. The number of benzene rings is 1. The van der Waals surface area contributed by atoms with E-state index in [2.05, 4.69) is 5.32 Å². The van der Waals surface area contributed by atoms with E-state index in [0.717, 1.165) is 5.56 Å². The first-order valence-electron chi connectivity index (χ1n) is 5.55. The van der Waals surface area contributed by atoms with Crippen molar-refractivity contribution in [2.24, 2.45) is 5.73 Å². The van der Waals surface area contributed by atoms with E-state index in [1.54, 1.807) is 6.92 Å². The topological polar surface area (TPSA) is 55.1 Å². The summed E-state index contributed by atoms with van der Waals surface area (Å²) in [6.45, 7) is 5.86. The molecule has 1 unspecified atom stereocenters. The molecular formula is C13H18N2OS. The summed E-state index contributed by atoms with van der Waals surface area (Å²) < 4.78 is 0. The number of carbonyl (C=O) groups excluding carboxylic acids is 1. The van der Waals surface area contributed by atoms with E-state index in [-0.39, 0.29) is 11.9 Å². The zero-order chi connectivity index (χ0) is 13.0. The van der Waals surface area contributed by atoms with Gasteiger partial charge < -0.3 is 11.1 Å². The zero-order valence-electron chi connectivity index (χ0n) is 10.4. The standard InChI is InChI=1S/C13H18N2OS/c1-8-4-5-11(6-9(8)2)7-12(16)15-10(3)13(14)17/h4-6,10H,7H2,1-3H3,(H2,14,17)(H,15,16). The number of thiocarbonyl (C=S) groups is 1. The number of rotatable bonds is 4. The van der Waals surface area contributed by atoms with Gasteiger partial charge in [0.05, 0.1) is 17.5 Å². The maximum absolute atomic E-state index is 11.7. The molecule has 0 spiro atoms. The minimum Gasteiger partial charge on any atom is -0.392 e. The van der Waals surface area contributed by atoms with Gasteiger partial charge in [-0.3, -0.25) is 4.79 Å². The fourth-order valence-corrected chi connectivity index (χ4v) is 1.52. The second-order valence-electron chi connectivity index (χ2n) is 4.29. The normalized spacial score (nSPS) is 11.9. The monoisotopic (exact) mass is 250 g/mol. The first-order chi connectivity index (χ1) is 7.90. The molecular weight excluding hydrogens is 232 g/mol. The van der Waals surface area contributed by atoms with Crippen LogP contribution in [0.1, 0.15) is 23.6 Å². The van der Waals surface area contributed by atoms with Gasteiger partial charge in [-0.15, -0.1) is 0 Å². The van der Waals surface area contributed by atoms with Crippen LogP contribution in [-0.4, -0.2) is 16.9 Å². The molecule has 0 saturated carbocycles. The molecule has 0 bridgehead atoms. The van der Waals surface area contributed by atoms with Crippen LogP contribution in [0.2, 0.25) is 0 Å². The van der Waals surface area contributed by atoms with Crippen LogP contribution in [0.5, 0.6) is 0 Å². The van der Waals surface area contributed by atoms with Crippen molar-refractivity contribution in [1.29, 1.82) is 0 Å². The van der Waals surface area contributed by atoms with E-state index in [1.165, 1.54) is 11.1 Å². The number of nitrogens with two attached hydrogens (primary N) is 1. The van der Waals surface area contributed by atoms with Gasteiger partial charge in [-0.1, -0.05) is 30.4 Å². The van der Waals surface area contributed by atoms with Crippen molar-refractivity contribution in [2.75, 3.05) is 0 Å². The third-order valence-corrected chi connectivity index (χ3v) is 3.09. The molecule has 1 rings (SSSR count). The lowest BCUT2D eigenvalue weighted by atomic mass is 10.0. The Labute approximate surface area is 107 Å². The zero-order valence-corrected chi connectivity index (χ0v) is 11.2. The Hall–Kier alpha value is -1.42. The third-order valence-electron chi connectivity index (χ3n) is 2.74. The summed E-state index contributed by atoms with van der Waals surface area (Å²) in [6.07, 6.45) is 0.355. The molecule has 3 nitrogen and oxygen atoms in total. The highest BCUT2D eigenvalue weighted by molar-refractivity contribution is 7.80. The summed E-state index contributed by atoms with van der Waals surface area (Å²) in [5.41, 5.74) is 8.86. The third kappa shape index (κ3) is 4.15. The van der Waals surface area contributed by atoms with Gasteiger partial charge >= 0.3 is 0 Å². The number of hydrogen-bond acceptors (Lipinski definition) is 2. The molecule has 0 radical (unpaired) electrons. The molecule has 1 atom stereocenters. The number of aryl methyl sites for hydroxylation is 2. The Morgan fingerprint density at radius 2 is 2.06 bits per heavy atom. The Kier molecular flexibility index (Phi) is 4.63. The van der Waals surface area contributed by atoms with Crippen LogP contribution in [0.15, 0.2) is 18.2 Å². The van der Waals surface area contributed by atoms with Crippen molar-refractivity contribution in [3.8, 4) is 0 Å². The second kappa shape index (κ2) is 5.77. The van der Waals surface area contributed by atoms with E-state index in [4.69, 9.17) is 18.0 Å². The quantitative estimate of drug-likeness (QED) is 0.799. The molecule has 0 saturated heterocycles. The summed E-state index contributed by atoms with van der Waals surface area (Å²) in [5, 5.41) is 2.76. The Bertz CT molecular complexity index is 443. The van der Waals surface area contributed by atoms with Crippen molar-refractivity contribution in [3.63, 3.8) is 0 Å². The Morgan fingerprint density at radius 3 is 2.59 bits per heavy atom. The summed E-state index contributed by atoms with van der Waals surface area (Å²) in [4.78, 5) is 12.0. The van der Waals surface area contributed by atoms with Crippen molar-refractivity contribution in [1.82, 2.24) is 5.32 Å². The van der Waals surface area contributed by atoms with Gasteiger partial charge in [0, 0.05) is 0 Å². The predicted molar refractivity (Wildman–Crippen MR) is 74.0 cm³/mol. The fourth-order valence-electron chi connectivity index (χ4n) is 1.46. The first kappa shape index (κ1) is 13.6. The van der Waals surface area contributed by atoms with Gasteiger partial charge in [-0.25, -0.2) is 0 Å². The van der Waals surface area contributed by atoms with E-state index in [9.17, 15) is 4.79 Å². The van der Waals surface area contributed by atoms with Gasteiger partial charge in [0.1, 0.15) is 0 Å². The van der Waals surface area contributed by atoms with Crippen LogP contribution in [-0.2, 0) is 11.2 Å². The molecule has 1 aromatic rings. The minimum atomic E-state index is -0.260. The lowest BCUT2D eigenvalue weighted by Gasteiger charge is -2.12. The van der Waals surface area contributed by atoms with Crippen LogP contribution in [0, 0.1) is 13.8 Å². The van der Waals surface area contributed by atoms with E-state index in [0.29, 0.717) is 11.4 Å². The SMILES string of the molecule is Cc1ccc(CC(=O)NC(C)C(N)=S)cc1C. The van der Waals surface area contributed by atoms with Crippen molar-refractivity contribution in [2.45, 2.75) is 33.2 Å². The highest BCUT2D eigenvalue weighted by Crippen LogP contribution is 2.10. The van der Waals surface area contributed by atoms with Gasteiger partial charge in [0.15, 0.2) is 0 Å². The number of nitrogens with one attached hydrogen (secondary N) is 1. The first-order valence-corrected chi connectivity index (χ1v) is 5.96. The van der Waals surface area contributed by atoms with Gasteiger partial charge in [0.25, 0.3) is 0 Å². The smallest absolute Gasteiger partial charge is 0.224 e. The molecule has 1 aromatic carbocycles. The summed E-state index contributed by atoms with van der Waals surface area (Å²) >= 11 is 4.80. The highest BCUT2D eigenvalue weighted by Gasteiger charge is 2.10. The molecule has 1 amide bonds. The fraction of sp³-hybridized carbons (Fsp3) is 0.385. The summed E-state index contributed by atoms with van der Waals surface area (Å²) in [7, 11) is 0. The van der Waals surface area contributed by atoms with Crippen molar-refractivity contribution >= 4 is 23.1 Å². The van der Waals surface area contributed by atoms with Crippen LogP contribution in [0.25, 0.3) is 0 Å². The van der Waals surface area contributed by atoms with Gasteiger partial charge in [-0.05, 0) is 37.5 Å². The maximum atomic E-state index is 11.7. The largest absolute Gasteiger partial charge is 0.392 e. The molecule has 4 heteroatoms. The minimum absolute atomic E-state index is 0.0615. The molecule has 0 aliphatic heterocycles. The predicted octanol–water partition coefficient (Wildman–Crippen LogP) is 1.64. The van der Waals surface area contributed by atoms with Crippen LogP contribution >= 0.6 is 12.2 Å². The number of hydrogen-bond donors (Lipinski definition) is 2. The molecule has 3 N–H and O–H groups in total. The van der Waals surface area contributed by atoms with E-state index >= 15 is 0 Å². The average Bonchev–Trinajstić information content (AvgIpc) is 2.23. The van der Waals surface area contributed by atoms with Crippen LogP contribution in [0.4, 0.5) is 0 Å². The lowest BCUT2D eigenvalue weighted by molar-refractivity contribution is -0.120. The molecule has 0 fully saturated rings. The number of amides is 1. The molecule has 0 aliphatic carbocycles. The molecule has 17 heavy (non-hydrogen) atoms. The molecule has 0 aliphatic rings. The maximum Gasteiger partial charge on any atom is 0.224 e. The van der Waals surface area contributed by atoms with Crippen LogP contribution in [0.3, 0.4) is 0 Å². The van der Waals surface area contributed by atoms with Gasteiger partial charge in [-0.2, -0.15) is 0 Å². The summed E-state index contributed by atoms with van der Waals surface area (Å²) in [5.74, 6) is -0.0615. The number of carbonyl (C=O) groups is 1. The van der Waals surface area contributed by atoms with Crippen molar-refractivity contribution < 1.29 is 4.79 Å². The average molecular weight is 250 g/mol. The Balaban J connectivity index is 2.62. The molecule has 0 heterocycles. The van der Waals surface area contributed by atoms with Gasteiger partial charge in [0.2, 0.25) is 5.91 Å². The highest BCUT2D eigenvalue weighted by atomic mass is 32.1. The second-order valence-corrected chi connectivity index (χ2v) is 4.76. The van der Waals surface area contributed by atoms with Crippen LogP contribution < -0.4 is 11.1 Å². The van der Waals surface area contributed by atoms with Crippen molar-refractivity contribution in [3.05, 3.63) is 34.9 Å². The Morgan fingerprint density at radius 1 is 1.41 bits per heavy atom. The lowest BCUT2D eigenvalue weighted by Crippen LogP contribution is -2.41. The van der Waals surface area contributed by atoms with E-state index in [1.807, 2.05) is 32.0 Å². The van der Waals surface area contributed by atoms with E-state index < -0.39 is 0 Å².